The third-order valence-electron chi connectivity index (χ3n) is 13.7. The standard InChI is InChI=1S/C38H60N2O6/c1-21(2)30-25(41)19-38(40-33(45)39-22(3)4)18-13-24-23(31(30)38)11-12-27-36(24,9)16-14-26-35(7,8)28(15-17-37(26,27)10)46-29(42)20-34(5,6)32(43)44/h21-24,26-28H,11-20H2,1-10H3,(H,43,44)(H2,39,40,45)/t23?,24?,26?,27?,28-,36?,37-,38+/m0/s1. The van der Waals surface area contributed by atoms with E-state index in [4.69, 9.17) is 4.74 Å². The van der Waals surface area contributed by atoms with Gasteiger partial charge in [-0.15, -0.1) is 0 Å². The number of carbonyl (C=O) groups is 4. The van der Waals surface area contributed by atoms with Crippen molar-refractivity contribution in [2.24, 2.45) is 51.2 Å². The number of ether oxygens (including phenoxy) is 1. The van der Waals surface area contributed by atoms with Gasteiger partial charge < -0.3 is 20.5 Å². The Morgan fingerprint density at radius 2 is 1.57 bits per heavy atom. The molecule has 46 heavy (non-hydrogen) atoms. The molecule has 5 rings (SSSR count). The van der Waals surface area contributed by atoms with E-state index in [1.807, 2.05) is 13.8 Å². The second kappa shape index (κ2) is 11.6. The summed E-state index contributed by atoms with van der Waals surface area (Å²) in [5.74, 6) is 0.575. The molecule has 5 aliphatic carbocycles. The molecule has 4 saturated carbocycles. The van der Waals surface area contributed by atoms with Crippen molar-refractivity contribution in [1.29, 1.82) is 0 Å². The summed E-state index contributed by atoms with van der Waals surface area (Å²) in [4.78, 5) is 51.4. The maximum atomic E-state index is 13.7. The summed E-state index contributed by atoms with van der Waals surface area (Å²) >= 11 is 0. The van der Waals surface area contributed by atoms with Gasteiger partial charge >= 0.3 is 18.0 Å². The van der Waals surface area contributed by atoms with Crippen LogP contribution in [-0.2, 0) is 19.1 Å². The van der Waals surface area contributed by atoms with E-state index in [2.05, 4.69) is 52.2 Å². The molecule has 0 bridgehead atoms. The number of urea groups is 1. The first kappa shape index (κ1) is 34.9. The fourth-order valence-corrected chi connectivity index (χ4v) is 11.8. The minimum atomic E-state index is -1.16. The molecule has 8 heteroatoms. The zero-order chi connectivity index (χ0) is 34.2. The van der Waals surface area contributed by atoms with E-state index in [1.165, 1.54) is 5.57 Å². The highest BCUT2D eigenvalue weighted by atomic mass is 16.5. The maximum absolute atomic E-state index is 13.7. The number of amides is 2. The third kappa shape index (κ3) is 5.51. The molecule has 4 fully saturated rings. The van der Waals surface area contributed by atoms with Crippen LogP contribution in [0.5, 0.6) is 0 Å². The molecule has 0 spiro atoms. The molecule has 0 aromatic rings. The first-order chi connectivity index (χ1) is 21.2. The van der Waals surface area contributed by atoms with Crippen molar-refractivity contribution < 1.29 is 29.0 Å². The van der Waals surface area contributed by atoms with E-state index in [9.17, 15) is 24.3 Å². The number of allylic oxidation sites excluding steroid dienone is 1. The Morgan fingerprint density at radius 3 is 2.17 bits per heavy atom. The van der Waals surface area contributed by atoms with Crippen LogP contribution in [0.4, 0.5) is 4.79 Å². The number of nitrogens with one attached hydrogen (secondary N) is 2. The van der Waals surface area contributed by atoms with Gasteiger partial charge in [-0.3, -0.25) is 14.4 Å². The highest BCUT2D eigenvalue weighted by molar-refractivity contribution is 6.02. The van der Waals surface area contributed by atoms with Crippen LogP contribution in [0.1, 0.15) is 133 Å². The third-order valence-corrected chi connectivity index (χ3v) is 13.7. The first-order valence-electron chi connectivity index (χ1n) is 18.0. The maximum Gasteiger partial charge on any atom is 0.315 e. The van der Waals surface area contributed by atoms with Crippen LogP contribution in [0, 0.1) is 51.2 Å². The Bertz CT molecular complexity index is 1310. The smallest absolute Gasteiger partial charge is 0.315 e. The van der Waals surface area contributed by atoms with Gasteiger partial charge in [-0.05, 0) is 131 Å². The second-order valence-electron chi connectivity index (χ2n) is 18.1. The van der Waals surface area contributed by atoms with Gasteiger partial charge in [0.2, 0.25) is 0 Å². The number of carbonyl (C=O) groups excluding carboxylic acids is 3. The van der Waals surface area contributed by atoms with Crippen molar-refractivity contribution >= 4 is 23.8 Å². The van der Waals surface area contributed by atoms with Crippen LogP contribution in [0.3, 0.4) is 0 Å². The average Bonchev–Trinajstić information content (AvgIpc) is 3.21. The van der Waals surface area contributed by atoms with Crippen LogP contribution >= 0.6 is 0 Å². The fourth-order valence-electron chi connectivity index (χ4n) is 11.8. The molecular weight excluding hydrogens is 580 g/mol. The number of esters is 1. The fraction of sp³-hybridized carbons (Fsp3) is 0.842. The van der Waals surface area contributed by atoms with Gasteiger partial charge in [0.1, 0.15) is 6.10 Å². The minimum Gasteiger partial charge on any atom is -0.481 e. The van der Waals surface area contributed by atoms with Crippen LogP contribution < -0.4 is 10.6 Å². The molecule has 2 amide bonds. The SMILES string of the molecule is CC(C)NC(=O)N[C@@]12CCC3C(CCC4C3(C)CCC3C(C)(C)[C@@H](OC(=O)CC(C)(C)C(=O)O)CC[C@]43C)C1=C(C(C)C)C(=O)C2. The topological polar surface area (TPSA) is 122 Å². The number of fused-ring (bicyclic) bond motifs is 7. The van der Waals surface area contributed by atoms with Crippen molar-refractivity contribution in [2.45, 2.75) is 151 Å². The van der Waals surface area contributed by atoms with Crippen molar-refractivity contribution in [3.05, 3.63) is 11.1 Å². The normalized spacial score (nSPS) is 38.4. The Labute approximate surface area is 276 Å². The molecule has 8 nitrogen and oxygen atoms in total. The van der Waals surface area contributed by atoms with E-state index in [-0.39, 0.29) is 52.5 Å². The number of carboxylic acid groups (broad SMARTS) is 1. The summed E-state index contributed by atoms with van der Waals surface area (Å²) in [6, 6.07) is -0.158. The lowest BCUT2D eigenvalue weighted by Crippen LogP contribution is -2.64. The predicted octanol–water partition coefficient (Wildman–Crippen LogP) is 7.45. The van der Waals surface area contributed by atoms with E-state index < -0.39 is 22.9 Å². The Hall–Kier alpha value is -2.38. The second-order valence-corrected chi connectivity index (χ2v) is 18.1. The molecule has 0 aliphatic heterocycles. The van der Waals surface area contributed by atoms with Gasteiger partial charge in [-0.1, -0.05) is 41.5 Å². The highest BCUT2D eigenvalue weighted by Gasteiger charge is 2.67. The number of aliphatic carboxylic acids is 1. The summed E-state index contributed by atoms with van der Waals surface area (Å²) in [5.41, 5.74) is 0.457. The average molecular weight is 641 g/mol. The summed E-state index contributed by atoms with van der Waals surface area (Å²) in [5, 5.41) is 15.9. The van der Waals surface area contributed by atoms with E-state index >= 15 is 0 Å². The Morgan fingerprint density at radius 1 is 0.913 bits per heavy atom. The first-order valence-corrected chi connectivity index (χ1v) is 18.0. The summed E-state index contributed by atoms with van der Waals surface area (Å²) < 4.78 is 6.11. The Balaban J connectivity index is 1.41. The monoisotopic (exact) mass is 640 g/mol. The van der Waals surface area contributed by atoms with E-state index in [0.717, 1.165) is 56.9 Å². The summed E-state index contributed by atoms with van der Waals surface area (Å²) in [7, 11) is 0. The van der Waals surface area contributed by atoms with Gasteiger partial charge in [0, 0.05) is 17.9 Å². The zero-order valence-corrected chi connectivity index (χ0v) is 30.1. The Kier molecular flexibility index (Phi) is 8.85. The molecule has 3 N–H and O–H groups in total. The molecule has 0 aromatic heterocycles. The van der Waals surface area contributed by atoms with Gasteiger partial charge in [0.05, 0.1) is 17.4 Å². The number of hydrogen-bond acceptors (Lipinski definition) is 5. The lowest BCUT2D eigenvalue weighted by molar-refractivity contribution is -0.213. The lowest BCUT2D eigenvalue weighted by Gasteiger charge is -2.68. The highest BCUT2D eigenvalue weighted by Crippen LogP contribution is 2.72. The summed E-state index contributed by atoms with van der Waals surface area (Å²) in [6.07, 6.45) is 7.87. The van der Waals surface area contributed by atoms with E-state index in [0.29, 0.717) is 30.1 Å². The zero-order valence-electron chi connectivity index (χ0n) is 30.1. The molecular formula is C38H60N2O6. The molecule has 8 atom stereocenters. The van der Waals surface area contributed by atoms with Gasteiger partial charge in [-0.2, -0.15) is 0 Å². The predicted molar refractivity (Wildman–Crippen MR) is 178 cm³/mol. The minimum absolute atomic E-state index is 0.0200. The van der Waals surface area contributed by atoms with Crippen molar-refractivity contribution in [3.8, 4) is 0 Å². The molecule has 0 radical (unpaired) electrons. The van der Waals surface area contributed by atoms with Crippen molar-refractivity contribution in [3.63, 3.8) is 0 Å². The number of rotatable bonds is 7. The van der Waals surface area contributed by atoms with Gasteiger partial charge in [0.15, 0.2) is 5.78 Å². The van der Waals surface area contributed by atoms with Crippen LogP contribution in [0.25, 0.3) is 0 Å². The van der Waals surface area contributed by atoms with Crippen molar-refractivity contribution in [2.75, 3.05) is 0 Å². The number of carboxylic acids is 1. The van der Waals surface area contributed by atoms with Crippen LogP contribution in [0.15, 0.2) is 11.1 Å². The molecule has 0 heterocycles. The number of Topliss-reactive ketones (excluding diaryl/α,β-unsaturated/α-hetero) is 1. The molecule has 0 saturated heterocycles. The molecule has 258 valence electrons. The molecule has 0 aromatic carbocycles. The molecule has 5 unspecified atom stereocenters. The van der Waals surface area contributed by atoms with Crippen molar-refractivity contribution in [1.82, 2.24) is 10.6 Å². The van der Waals surface area contributed by atoms with E-state index in [1.54, 1.807) is 13.8 Å². The lowest BCUT2D eigenvalue weighted by atomic mass is 9.37. The summed E-state index contributed by atoms with van der Waals surface area (Å²) in [6.45, 7) is 20.9. The molecule has 5 aliphatic rings. The number of ketones is 1. The van der Waals surface area contributed by atoms with Crippen LogP contribution in [0.2, 0.25) is 0 Å². The quantitative estimate of drug-likeness (QED) is 0.249. The van der Waals surface area contributed by atoms with Crippen LogP contribution in [-0.4, -0.2) is 46.5 Å². The van der Waals surface area contributed by atoms with Gasteiger partial charge in [-0.25, -0.2) is 4.79 Å². The largest absolute Gasteiger partial charge is 0.481 e. The number of hydrogen-bond donors (Lipinski definition) is 3. The van der Waals surface area contributed by atoms with Gasteiger partial charge in [0.25, 0.3) is 0 Å².